The largest absolute Gasteiger partial charge is 0.463 e. The summed E-state index contributed by atoms with van der Waals surface area (Å²) in [6, 6.07) is 13.5. The van der Waals surface area contributed by atoms with Gasteiger partial charge in [0, 0.05) is 60.9 Å². The van der Waals surface area contributed by atoms with Crippen molar-refractivity contribution in [2.75, 3.05) is 62.8 Å². The minimum Gasteiger partial charge on any atom is -0.463 e. The lowest BCUT2D eigenvalue weighted by Gasteiger charge is -2.45. The van der Waals surface area contributed by atoms with E-state index in [1.165, 1.54) is 18.9 Å². The summed E-state index contributed by atoms with van der Waals surface area (Å²) in [5.74, 6) is 0.890. The number of fused-ring (bicyclic) bond motifs is 2. The molecule has 2 saturated heterocycles. The van der Waals surface area contributed by atoms with Crippen LogP contribution in [-0.2, 0) is 22.5 Å². The Morgan fingerprint density at radius 1 is 1.13 bits per heavy atom. The number of ether oxygens (including phenoxy) is 2. The Morgan fingerprint density at radius 2 is 1.87 bits per heavy atom. The molecule has 0 bridgehead atoms. The van der Waals surface area contributed by atoms with Gasteiger partial charge in [0.05, 0.1) is 35.9 Å². The van der Waals surface area contributed by atoms with E-state index in [1.807, 2.05) is 17.0 Å². The maximum atomic E-state index is 12.7. The van der Waals surface area contributed by atoms with Crippen LogP contribution in [0.1, 0.15) is 37.9 Å². The minimum absolute atomic E-state index is 0.0144. The van der Waals surface area contributed by atoms with Gasteiger partial charge in [0.25, 0.3) is 0 Å². The molecule has 1 aromatic heterocycles. The van der Waals surface area contributed by atoms with E-state index >= 15 is 0 Å². The Morgan fingerprint density at radius 3 is 2.53 bits per heavy atom. The Balaban J connectivity index is 1.21. The van der Waals surface area contributed by atoms with Gasteiger partial charge in [-0.3, -0.25) is 4.79 Å². The summed E-state index contributed by atoms with van der Waals surface area (Å²) in [5, 5.41) is 2.94. The van der Waals surface area contributed by atoms with Crippen molar-refractivity contribution < 1.29 is 14.3 Å². The highest BCUT2D eigenvalue weighted by molar-refractivity contribution is 6.36. The van der Waals surface area contributed by atoms with Crippen molar-refractivity contribution in [1.29, 1.82) is 0 Å². The molecule has 3 aliphatic heterocycles. The lowest BCUT2D eigenvalue weighted by atomic mass is 9.86. The zero-order valence-electron chi connectivity index (χ0n) is 26.5. The first-order valence-corrected chi connectivity index (χ1v) is 16.6. The van der Waals surface area contributed by atoms with Crippen LogP contribution in [0.4, 0.5) is 11.5 Å². The van der Waals surface area contributed by atoms with E-state index in [1.54, 1.807) is 0 Å². The molecule has 238 valence electrons. The SMILES string of the molecule is C=CC(=O)N1[C@H](C)CN(c2nc(OCC3(CN(C)C4CC4)COC3)nc3c2CCN(c2cccc4cccc(Cl)c24)C3)C[C@@H]1C. The molecule has 3 fully saturated rings. The molecule has 0 spiro atoms. The number of amides is 1. The number of piperazine rings is 1. The van der Waals surface area contributed by atoms with Crippen LogP contribution < -0.4 is 14.5 Å². The highest BCUT2D eigenvalue weighted by atomic mass is 35.5. The van der Waals surface area contributed by atoms with Crippen molar-refractivity contribution in [3.05, 3.63) is 65.3 Å². The van der Waals surface area contributed by atoms with Crippen LogP contribution in [0.3, 0.4) is 0 Å². The molecule has 2 aromatic carbocycles. The van der Waals surface area contributed by atoms with Crippen molar-refractivity contribution in [2.45, 2.75) is 57.8 Å². The molecule has 1 aliphatic carbocycles. The van der Waals surface area contributed by atoms with E-state index in [0.717, 1.165) is 58.1 Å². The summed E-state index contributed by atoms with van der Waals surface area (Å²) >= 11 is 6.74. The molecule has 1 saturated carbocycles. The van der Waals surface area contributed by atoms with Gasteiger partial charge >= 0.3 is 6.01 Å². The highest BCUT2D eigenvalue weighted by Gasteiger charge is 2.43. The molecule has 4 aliphatic rings. The molecular formula is C35H43ClN6O3. The molecule has 7 rings (SSSR count). The van der Waals surface area contributed by atoms with E-state index in [0.29, 0.717) is 51.5 Å². The average molecular weight is 631 g/mol. The van der Waals surface area contributed by atoms with Crippen molar-refractivity contribution in [2.24, 2.45) is 5.41 Å². The zero-order chi connectivity index (χ0) is 31.3. The molecule has 0 radical (unpaired) electrons. The van der Waals surface area contributed by atoms with Crippen LogP contribution in [0, 0.1) is 5.41 Å². The van der Waals surface area contributed by atoms with Crippen LogP contribution in [0.5, 0.6) is 6.01 Å². The van der Waals surface area contributed by atoms with Gasteiger partial charge in [0.15, 0.2) is 0 Å². The van der Waals surface area contributed by atoms with Crippen LogP contribution >= 0.6 is 11.6 Å². The number of aromatic nitrogens is 2. The summed E-state index contributed by atoms with van der Waals surface area (Å²) in [7, 11) is 2.21. The molecule has 0 N–H and O–H groups in total. The zero-order valence-corrected chi connectivity index (χ0v) is 27.3. The molecule has 3 aromatic rings. The quantitative estimate of drug-likeness (QED) is 0.308. The smallest absolute Gasteiger partial charge is 0.318 e. The third-order valence-electron chi connectivity index (χ3n) is 9.92. The third kappa shape index (κ3) is 5.86. The Labute approximate surface area is 270 Å². The van der Waals surface area contributed by atoms with Gasteiger partial charge in [-0.1, -0.05) is 42.4 Å². The molecule has 45 heavy (non-hydrogen) atoms. The van der Waals surface area contributed by atoms with Crippen LogP contribution in [0.2, 0.25) is 5.02 Å². The van der Waals surface area contributed by atoms with Crippen LogP contribution in [0.15, 0.2) is 49.1 Å². The highest BCUT2D eigenvalue weighted by Crippen LogP contribution is 2.38. The van der Waals surface area contributed by atoms with E-state index < -0.39 is 0 Å². The summed E-state index contributed by atoms with van der Waals surface area (Å²) in [6.45, 7) is 13.6. The van der Waals surface area contributed by atoms with Crippen molar-refractivity contribution in [3.63, 3.8) is 0 Å². The fraction of sp³-hybridized carbons (Fsp3) is 0.514. The Kier molecular flexibility index (Phi) is 8.12. The van der Waals surface area contributed by atoms with Crippen molar-refractivity contribution >= 4 is 39.8 Å². The Hall–Kier alpha value is -3.40. The predicted molar refractivity (Wildman–Crippen MR) is 178 cm³/mol. The second-order valence-corrected chi connectivity index (χ2v) is 13.9. The first-order valence-electron chi connectivity index (χ1n) is 16.2. The Bertz CT molecular complexity index is 1590. The fourth-order valence-electron chi connectivity index (χ4n) is 7.50. The molecule has 0 unspecified atom stereocenters. The number of benzene rings is 2. The molecule has 9 nitrogen and oxygen atoms in total. The van der Waals surface area contributed by atoms with Gasteiger partial charge in [0.1, 0.15) is 12.4 Å². The number of carbonyl (C=O) groups excluding carboxylic acids is 1. The number of hydrogen-bond acceptors (Lipinski definition) is 8. The summed E-state index contributed by atoms with van der Waals surface area (Å²) in [6.07, 6.45) is 4.75. The van der Waals surface area contributed by atoms with Gasteiger partial charge < -0.3 is 29.1 Å². The molecule has 1 amide bonds. The van der Waals surface area contributed by atoms with Gasteiger partial charge in [-0.05, 0) is 63.8 Å². The average Bonchev–Trinajstić information content (AvgIpc) is 3.87. The third-order valence-corrected chi connectivity index (χ3v) is 10.2. The minimum atomic E-state index is -0.0534. The molecular weight excluding hydrogens is 588 g/mol. The molecule has 2 atom stereocenters. The van der Waals surface area contributed by atoms with Gasteiger partial charge in [-0.25, -0.2) is 0 Å². The van der Waals surface area contributed by atoms with Crippen LogP contribution in [0.25, 0.3) is 10.8 Å². The fourth-order valence-corrected chi connectivity index (χ4v) is 7.78. The number of anilines is 2. The number of hydrogen-bond donors (Lipinski definition) is 0. The van der Waals surface area contributed by atoms with E-state index in [-0.39, 0.29) is 23.4 Å². The summed E-state index contributed by atoms with van der Waals surface area (Å²) < 4.78 is 12.2. The number of nitrogens with zero attached hydrogens (tertiary/aromatic N) is 6. The van der Waals surface area contributed by atoms with Gasteiger partial charge in [-0.2, -0.15) is 9.97 Å². The van der Waals surface area contributed by atoms with Gasteiger partial charge in [0.2, 0.25) is 5.91 Å². The predicted octanol–water partition coefficient (Wildman–Crippen LogP) is 4.95. The lowest BCUT2D eigenvalue weighted by molar-refractivity contribution is -0.143. The maximum absolute atomic E-state index is 12.7. The summed E-state index contributed by atoms with van der Waals surface area (Å²) in [5.41, 5.74) is 3.19. The monoisotopic (exact) mass is 630 g/mol. The maximum Gasteiger partial charge on any atom is 0.318 e. The van der Waals surface area contributed by atoms with E-state index in [9.17, 15) is 4.79 Å². The number of rotatable bonds is 9. The van der Waals surface area contributed by atoms with Crippen LogP contribution in [-0.4, -0.2) is 96.8 Å². The topological polar surface area (TPSA) is 74.3 Å². The second-order valence-electron chi connectivity index (χ2n) is 13.5. The van der Waals surface area contributed by atoms with Crippen molar-refractivity contribution in [1.82, 2.24) is 19.8 Å². The van der Waals surface area contributed by atoms with Gasteiger partial charge in [-0.15, -0.1) is 0 Å². The molecule has 4 heterocycles. The second kappa shape index (κ2) is 12.1. The summed E-state index contributed by atoms with van der Waals surface area (Å²) in [4.78, 5) is 31.9. The number of halogens is 1. The first-order chi connectivity index (χ1) is 21.7. The normalized spacial score (nSPS) is 22.7. The van der Waals surface area contributed by atoms with E-state index in [2.05, 4.69) is 66.4 Å². The first kappa shape index (κ1) is 30.3. The standard InChI is InChI=1S/C35H43ClN6O3/c1-5-31(43)42-23(2)16-41(17-24(42)3)33-27-14-15-40(30-11-7-9-25-8-6-10-28(36)32(25)30)18-29(27)37-34(38-33)45-22-35(20-44-21-35)19-39(4)26-12-13-26/h5-11,23-24,26H,1,12-22H2,2-4H3/t23-,24+. The molecule has 10 heteroatoms. The number of carbonyl (C=O) groups is 1. The lowest BCUT2D eigenvalue weighted by Crippen LogP contribution is -2.58. The van der Waals surface area contributed by atoms with Crippen molar-refractivity contribution in [3.8, 4) is 6.01 Å². The van der Waals surface area contributed by atoms with E-state index in [4.69, 9.17) is 31.0 Å².